The molecule has 1 aromatic heterocycles. The Bertz CT molecular complexity index is 681. The molecule has 0 radical (unpaired) electrons. The van der Waals surface area contributed by atoms with E-state index in [1.165, 1.54) is 47.7 Å². The molecule has 1 unspecified atom stereocenters. The summed E-state index contributed by atoms with van der Waals surface area (Å²) in [7, 11) is 0. The van der Waals surface area contributed by atoms with Crippen LogP contribution in [-0.2, 0) is 0 Å². The van der Waals surface area contributed by atoms with Crippen molar-refractivity contribution in [2.75, 3.05) is 0 Å². The van der Waals surface area contributed by atoms with Gasteiger partial charge in [-0.2, -0.15) is 0 Å². The van der Waals surface area contributed by atoms with Gasteiger partial charge in [-0.3, -0.25) is 0 Å². The van der Waals surface area contributed by atoms with Gasteiger partial charge in [-0.15, -0.1) is 0 Å². The quantitative estimate of drug-likeness (QED) is 0.541. The van der Waals surface area contributed by atoms with Crippen LogP contribution in [-0.4, -0.2) is 4.98 Å². The standard InChI is InChI=1S/C20H23N/c1-2-3-5-12-17(16-10-6-4-7-11-16)19-15-21-20-14-9-8-13-18(19)20/h4,6-11,13-15,17,21H,2-3,5,12H2,1H3. The Balaban J connectivity index is 1.98. The minimum absolute atomic E-state index is 0.494. The summed E-state index contributed by atoms with van der Waals surface area (Å²) in [6.45, 7) is 2.27. The zero-order valence-electron chi connectivity index (χ0n) is 12.7. The lowest BCUT2D eigenvalue weighted by molar-refractivity contribution is 0.621. The van der Waals surface area contributed by atoms with Crippen molar-refractivity contribution < 1.29 is 0 Å². The molecule has 0 spiro atoms. The highest BCUT2D eigenvalue weighted by Gasteiger charge is 2.17. The Morgan fingerprint density at radius 2 is 1.67 bits per heavy atom. The highest BCUT2D eigenvalue weighted by molar-refractivity contribution is 5.84. The lowest BCUT2D eigenvalue weighted by atomic mass is 9.86. The molecule has 1 atom stereocenters. The van der Waals surface area contributed by atoms with Crippen LogP contribution in [0.5, 0.6) is 0 Å². The van der Waals surface area contributed by atoms with Gasteiger partial charge in [0.2, 0.25) is 0 Å². The summed E-state index contributed by atoms with van der Waals surface area (Å²) in [4.78, 5) is 3.43. The smallest absolute Gasteiger partial charge is 0.0457 e. The van der Waals surface area contributed by atoms with Crippen molar-refractivity contribution >= 4 is 10.9 Å². The van der Waals surface area contributed by atoms with Crippen LogP contribution < -0.4 is 0 Å². The number of hydrogen-bond donors (Lipinski definition) is 1. The van der Waals surface area contributed by atoms with Crippen molar-refractivity contribution in [1.82, 2.24) is 4.98 Å². The second-order valence-electron chi connectivity index (χ2n) is 5.75. The fourth-order valence-electron chi connectivity index (χ4n) is 3.17. The number of fused-ring (bicyclic) bond motifs is 1. The molecule has 1 N–H and O–H groups in total. The van der Waals surface area contributed by atoms with Gasteiger partial charge >= 0.3 is 0 Å². The van der Waals surface area contributed by atoms with E-state index in [2.05, 4.69) is 72.7 Å². The number of aromatic amines is 1. The number of para-hydroxylation sites is 1. The number of aromatic nitrogens is 1. The van der Waals surface area contributed by atoms with Gasteiger partial charge in [0.15, 0.2) is 0 Å². The van der Waals surface area contributed by atoms with Gasteiger partial charge < -0.3 is 4.98 Å². The molecule has 0 amide bonds. The van der Waals surface area contributed by atoms with Crippen molar-refractivity contribution in [3.8, 4) is 0 Å². The highest BCUT2D eigenvalue weighted by atomic mass is 14.7. The van der Waals surface area contributed by atoms with E-state index in [1.807, 2.05) is 0 Å². The molecular weight excluding hydrogens is 254 g/mol. The van der Waals surface area contributed by atoms with E-state index < -0.39 is 0 Å². The number of hydrogen-bond acceptors (Lipinski definition) is 0. The second-order valence-corrected chi connectivity index (χ2v) is 5.75. The zero-order valence-corrected chi connectivity index (χ0v) is 12.7. The van der Waals surface area contributed by atoms with Crippen LogP contribution in [0.25, 0.3) is 10.9 Å². The van der Waals surface area contributed by atoms with Crippen LogP contribution in [0.1, 0.15) is 49.7 Å². The molecule has 108 valence electrons. The minimum Gasteiger partial charge on any atom is -0.361 e. The Morgan fingerprint density at radius 1 is 0.905 bits per heavy atom. The second kappa shape index (κ2) is 6.62. The number of H-pyrrole nitrogens is 1. The molecule has 0 bridgehead atoms. The molecule has 1 heteroatoms. The van der Waals surface area contributed by atoms with Crippen LogP contribution >= 0.6 is 0 Å². The van der Waals surface area contributed by atoms with Crippen LogP contribution in [0.15, 0.2) is 60.8 Å². The predicted octanol–water partition coefficient (Wildman–Crippen LogP) is 5.88. The maximum atomic E-state index is 3.43. The maximum Gasteiger partial charge on any atom is 0.0457 e. The number of nitrogens with one attached hydrogen (secondary N) is 1. The molecule has 0 aliphatic heterocycles. The lowest BCUT2D eigenvalue weighted by Crippen LogP contribution is -2.00. The molecule has 0 aliphatic rings. The number of benzene rings is 2. The first kappa shape index (κ1) is 13.9. The van der Waals surface area contributed by atoms with Gasteiger partial charge in [0, 0.05) is 23.0 Å². The first-order valence-corrected chi connectivity index (χ1v) is 8.01. The van der Waals surface area contributed by atoms with Gasteiger partial charge in [0.05, 0.1) is 0 Å². The molecule has 0 fully saturated rings. The molecule has 21 heavy (non-hydrogen) atoms. The van der Waals surface area contributed by atoms with Crippen LogP contribution in [0.3, 0.4) is 0 Å². The Kier molecular flexibility index (Phi) is 4.40. The largest absolute Gasteiger partial charge is 0.361 e. The lowest BCUT2D eigenvalue weighted by Gasteiger charge is -2.17. The van der Waals surface area contributed by atoms with E-state index in [0.29, 0.717) is 5.92 Å². The molecule has 1 heterocycles. The monoisotopic (exact) mass is 277 g/mol. The van der Waals surface area contributed by atoms with Gasteiger partial charge in [-0.05, 0) is 23.6 Å². The predicted molar refractivity (Wildman–Crippen MR) is 90.7 cm³/mol. The minimum atomic E-state index is 0.494. The van der Waals surface area contributed by atoms with Crippen molar-refractivity contribution in [2.24, 2.45) is 0 Å². The Hall–Kier alpha value is -2.02. The highest BCUT2D eigenvalue weighted by Crippen LogP contribution is 2.34. The average Bonchev–Trinajstić information content (AvgIpc) is 2.96. The van der Waals surface area contributed by atoms with Crippen LogP contribution in [0, 0.1) is 0 Å². The van der Waals surface area contributed by atoms with E-state index in [-0.39, 0.29) is 0 Å². The van der Waals surface area contributed by atoms with E-state index in [9.17, 15) is 0 Å². The third-order valence-corrected chi connectivity index (χ3v) is 4.29. The topological polar surface area (TPSA) is 15.8 Å². The van der Waals surface area contributed by atoms with E-state index in [0.717, 1.165) is 0 Å². The summed E-state index contributed by atoms with van der Waals surface area (Å²) in [6, 6.07) is 19.5. The van der Waals surface area contributed by atoms with Gasteiger partial charge in [-0.25, -0.2) is 0 Å². The van der Waals surface area contributed by atoms with E-state index in [4.69, 9.17) is 0 Å². The third-order valence-electron chi connectivity index (χ3n) is 4.29. The fourth-order valence-corrected chi connectivity index (χ4v) is 3.17. The fraction of sp³-hybridized carbons (Fsp3) is 0.300. The Labute approximate surface area is 127 Å². The van der Waals surface area contributed by atoms with Gasteiger partial charge in [0.1, 0.15) is 0 Å². The third kappa shape index (κ3) is 3.02. The summed E-state index contributed by atoms with van der Waals surface area (Å²) in [5, 5.41) is 1.36. The van der Waals surface area contributed by atoms with Crippen molar-refractivity contribution in [3.63, 3.8) is 0 Å². The van der Waals surface area contributed by atoms with Crippen LogP contribution in [0.2, 0.25) is 0 Å². The zero-order chi connectivity index (χ0) is 14.5. The summed E-state index contributed by atoms with van der Waals surface area (Å²) in [5.41, 5.74) is 4.11. The van der Waals surface area contributed by atoms with Crippen molar-refractivity contribution in [3.05, 3.63) is 71.9 Å². The van der Waals surface area contributed by atoms with E-state index >= 15 is 0 Å². The molecule has 1 nitrogen and oxygen atoms in total. The van der Waals surface area contributed by atoms with Crippen molar-refractivity contribution in [2.45, 2.75) is 38.5 Å². The summed E-state index contributed by atoms with van der Waals surface area (Å²) >= 11 is 0. The maximum absolute atomic E-state index is 3.43. The van der Waals surface area contributed by atoms with Crippen molar-refractivity contribution in [1.29, 1.82) is 0 Å². The normalized spacial score (nSPS) is 12.6. The van der Waals surface area contributed by atoms with Gasteiger partial charge in [0.25, 0.3) is 0 Å². The summed E-state index contributed by atoms with van der Waals surface area (Å²) in [5.74, 6) is 0.494. The molecule has 3 aromatic rings. The number of rotatable bonds is 6. The molecule has 0 aliphatic carbocycles. The molecule has 0 saturated heterocycles. The Morgan fingerprint density at radius 3 is 2.48 bits per heavy atom. The molecule has 0 saturated carbocycles. The average molecular weight is 277 g/mol. The van der Waals surface area contributed by atoms with Crippen LogP contribution in [0.4, 0.5) is 0 Å². The number of unbranched alkanes of at least 4 members (excludes halogenated alkanes) is 2. The van der Waals surface area contributed by atoms with E-state index in [1.54, 1.807) is 0 Å². The summed E-state index contributed by atoms with van der Waals surface area (Å²) < 4.78 is 0. The first-order valence-electron chi connectivity index (χ1n) is 8.01. The SMILES string of the molecule is CCCCCC(c1ccccc1)c1c[nH]c2ccccc12. The summed E-state index contributed by atoms with van der Waals surface area (Å²) in [6.07, 6.45) is 7.30. The van der Waals surface area contributed by atoms with Gasteiger partial charge in [-0.1, -0.05) is 74.7 Å². The molecular formula is C20H23N. The first-order chi connectivity index (χ1) is 10.4. The molecule has 3 rings (SSSR count). The molecule has 2 aromatic carbocycles.